The second kappa shape index (κ2) is 7.43. The van der Waals surface area contributed by atoms with Gasteiger partial charge in [0.2, 0.25) is 5.82 Å². The fourth-order valence-electron chi connectivity index (χ4n) is 4.03. The number of quaternary nitrogens is 1. The highest BCUT2D eigenvalue weighted by atomic mass is 19.1. The Labute approximate surface area is 165 Å². The Kier molecular flexibility index (Phi) is 4.98. The Balaban J connectivity index is 1.79. The highest BCUT2D eigenvalue weighted by Gasteiger charge is 2.36. The topological polar surface area (TPSA) is 48.0 Å². The first-order chi connectivity index (χ1) is 13.5. The van der Waals surface area contributed by atoms with E-state index in [1.807, 2.05) is 16.8 Å². The van der Waals surface area contributed by atoms with Crippen LogP contribution in [0.3, 0.4) is 0 Å². The van der Waals surface area contributed by atoms with E-state index in [-0.39, 0.29) is 17.4 Å². The van der Waals surface area contributed by atoms with Crippen LogP contribution < -0.4 is 4.90 Å². The number of hydrogen-bond acceptors (Lipinski definition) is 3. The molecule has 0 radical (unpaired) electrons. The molecule has 0 aliphatic carbocycles. The van der Waals surface area contributed by atoms with Crippen LogP contribution in [0.1, 0.15) is 55.7 Å². The van der Waals surface area contributed by atoms with E-state index in [0.717, 1.165) is 37.3 Å². The molecule has 1 N–H and O–H groups in total. The zero-order valence-electron chi connectivity index (χ0n) is 16.7. The van der Waals surface area contributed by atoms with Crippen molar-refractivity contribution < 1.29 is 9.29 Å². The van der Waals surface area contributed by atoms with Crippen LogP contribution in [0.15, 0.2) is 48.5 Å². The first kappa shape index (κ1) is 18.7. The largest absolute Gasteiger partial charge is 0.318 e. The maximum Gasteiger partial charge on any atom is 0.214 e. The van der Waals surface area contributed by atoms with Crippen LogP contribution in [-0.2, 0) is 18.5 Å². The number of benzene rings is 2. The third kappa shape index (κ3) is 3.44. The zero-order valence-corrected chi connectivity index (χ0v) is 16.7. The lowest BCUT2D eigenvalue weighted by Crippen LogP contribution is -3.12. The summed E-state index contributed by atoms with van der Waals surface area (Å²) in [7, 11) is 0. The van der Waals surface area contributed by atoms with Crippen LogP contribution in [0.4, 0.5) is 4.39 Å². The van der Waals surface area contributed by atoms with E-state index in [9.17, 15) is 4.39 Å². The first-order valence-corrected chi connectivity index (χ1v) is 9.95. The van der Waals surface area contributed by atoms with Gasteiger partial charge in [-0.05, 0) is 60.5 Å². The van der Waals surface area contributed by atoms with E-state index in [2.05, 4.69) is 60.6 Å². The van der Waals surface area contributed by atoms with Crippen molar-refractivity contribution in [2.45, 2.75) is 51.7 Å². The molecule has 0 bridgehead atoms. The lowest BCUT2D eigenvalue weighted by atomic mass is 9.95. The molecule has 28 heavy (non-hydrogen) atoms. The number of hydrogen-bond donors (Lipinski definition) is 1. The summed E-state index contributed by atoms with van der Waals surface area (Å²) in [4.78, 5) is 1.38. The van der Waals surface area contributed by atoms with E-state index in [1.165, 1.54) is 28.2 Å². The molecule has 146 valence electrons. The lowest BCUT2D eigenvalue weighted by Gasteiger charge is -2.34. The number of nitrogens with one attached hydrogen (secondary N) is 1. The normalized spacial score (nSPS) is 17.9. The van der Waals surface area contributed by atoms with Gasteiger partial charge in [-0.25, -0.2) is 9.07 Å². The average molecular weight is 380 g/mol. The molecule has 1 unspecified atom stereocenters. The molecular formula is C22H27FN5+. The second-order valence-electron chi connectivity index (χ2n) is 8.20. The molecular weight excluding hydrogens is 353 g/mol. The van der Waals surface area contributed by atoms with Gasteiger partial charge in [0, 0.05) is 17.5 Å². The van der Waals surface area contributed by atoms with Gasteiger partial charge in [0.15, 0.2) is 6.04 Å². The summed E-state index contributed by atoms with van der Waals surface area (Å²) < 4.78 is 15.6. The minimum atomic E-state index is -0.227. The molecule has 1 aromatic heterocycles. The average Bonchev–Trinajstić information content (AvgIpc) is 3.20. The van der Waals surface area contributed by atoms with Gasteiger partial charge in [-0.1, -0.05) is 31.2 Å². The number of rotatable bonds is 5. The van der Waals surface area contributed by atoms with Gasteiger partial charge >= 0.3 is 0 Å². The number of tetrazole rings is 1. The monoisotopic (exact) mass is 380 g/mol. The maximum absolute atomic E-state index is 13.6. The zero-order chi connectivity index (χ0) is 19.7. The fraction of sp³-hybridized carbons (Fsp3) is 0.409. The molecule has 5 nitrogen and oxygen atoms in total. The molecule has 0 fully saturated rings. The molecule has 2 heterocycles. The summed E-state index contributed by atoms with van der Waals surface area (Å²) in [5.74, 6) is 0.614. The van der Waals surface area contributed by atoms with Crippen molar-refractivity contribution in [1.82, 2.24) is 20.2 Å². The Hall–Kier alpha value is -2.60. The second-order valence-corrected chi connectivity index (χ2v) is 8.20. The molecule has 0 spiro atoms. The molecule has 1 aliphatic rings. The standard InChI is InChI=1S/C22H26FN5/c1-4-22(2,3)28-21(24-25-26-28)20(17-9-11-19(23)12-10-17)27-14-13-16-7-5-6-8-18(16)15-27/h5-12,20H,4,13-15H2,1-3H3/p+1/t20-/m1/s1. The van der Waals surface area contributed by atoms with Gasteiger partial charge in [-0.3, -0.25) is 0 Å². The van der Waals surface area contributed by atoms with Crippen molar-refractivity contribution in [3.63, 3.8) is 0 Å². The summed E-state index contributed by atoms with van der Waals surface area (Å²) in [5, 5.41) is 12.8. The first-order valence-electron chi connectivity index (χ1n) is 9.95. The number of fused-ring (bicyclic) bond motifs is 1. The number of nitrogens with zero attached hydrogens (tertiary/aromatic N) is 4. The van der Waals surface area contributed by atoms with Gasteiger partial charge < -0.3 is 4.90 Å². The Bertz CT molecular complexity index is 948. The van der Waals surface area contributed by atoms with Gasteiger partial charge in [-0.2, -0.15) is 0 Å². The van der Waals surface area contributed by atoms with Crippen molar-refractivity contribution in [3.8, 4) is 0 Å². The molecule has 4 rings (SSSR count). The predicted molar refractivity (Wildman–Crippen MR) is 105 cm³/mol. The minimum Gasteiger partial charge on any atom is -0.318 e. The van der Waals surface area contributed by atoms with Gasteiger partial charge in [0.1, 0.15) is 12.4 Å². The molecule has 2 atom stereocenters. The van der Waals surface area contributed by atoms with Crippen LogP contribution in [0, 0.1) is 5.82 Å². The van der Waals surface area contributed by atoms with Crippen molar-refractivity contribution in [2.24, 2.45) is 0 Å². The minimum absolute atomic E-state index is 0.0465. The van der Waals surface area contributed by atoms with E-state index < -0.39 is 0 Å². The van der Waals surface area contributed by atoms with Crippen LogP contribution in [0.5, 0.6) is 0 Å². The van der Waals surface area contributed by atoms with Crippen LogP contribution in [-0.4, -0.2) is 26.8 Å². The quantitative estimate of drug-likeness (QED) is 0.740. The van der Waals surface area contributed by atoms with Gasteiger partial charge in [0.25, 0.3) is 0 Å². The number of halogens is 1. The third-order valence-electron chi connectivity index (χ3n) is 6.05. The Morgan fingerprint density at radius 3 is 2.54 bits per heavy atom. The smallest absolute Gasteiger partial charge is 0.214 e. The molecule has 3 aromatic rings. The van der Waals surface area contributed by atoms with E-state index in [1.54, 1.807) is 0 Å². The summed E-state index contributed by atoms with van der Waals surface area (Å²) in [6.45, 7) is 8.32. The molecule has 6 heteroatoms. The summed E-state index contributed by atoms with van der Waals surface area (Å²) in [5.41, 5.74) is 3.63. The third-order valence-corrected chi connectivity index (χ3v) is 6.05. The SMILES string of the molecule is CCC(C)(C)n1nnnc1[C@@H](c1ccc(F)cc1)[NH+]1CCc2ccccc2C1. The molecule has 2 aromatic carbocycles. The number of aromatic nitrogens is 4. The van der Waals surface area contributed by atoms with Crippen molar-refractivity contribution in [2.75, 3.05) is 6.54 Å². The van der Waals surface area contributed by atoms with Gasteiger partial charge in [0.05, 0.1) is 12.1 Å². The van der Waals surface area contributed by atoms with Crippen molar-refractivity contribution >= 4 is 0 Å². The van der Waals surface area contributed by atoms with Crippen molar-refractivity contribution in [3.05, 3.63) is 76.9 Å². The molecule has 1 aliphatic heterocycles. The van der Waals surface area contributed by atoms with Crippen LogP contribution in [0.2, 0.25) is 0 Å². The summed E-state index contributed by atoms with van der Waals surface area (Å²) in [6.07, 6.45) is 1.93. The van der Waals surface area contributed by atoms with E-state index in [4.69, 9.17) is 0 Å². The Morgan fingerprint density at radius 1 is 1.11 bits per heavy atom. The lowest BCUT2D eigenvalue weighted by molar-refractivity contribution is -0.941. The molecule has 0 amide bonds. The van der Waals surface area contributed by atoms with Gasteiger partial charge in [-0.15, -0.1) is 5.10 Å². The summed E-state index contributed by atoms with van der Waals surface area (Å²) in [6, 6.07) is 15.4. The van der Waals surface area contributed by atoms with Crippen LogP contribution >= 0.6 is 0 Å². The van der Waals surface area contributed by atoms with Crippen molar-refractivity contribution in [1.29, 1.82) is 0 Å². The molecule has 0 saturated heterocycles. The highest BCUT2D eigenvalue weighted by Crippen LogP contribution is 2.26. The highest BCUT2D eigenvalue weighted by molar-refractivity contribution is 5.28. The maximum atomic E-state index is 13.6. The molecule has 0 saturated carbocycles. The van der Waals surface area contributed by atoms with E-state index in [0.29, 0.717) is 0 Å². The Morgan fingerprint density at radius 2 is 1.82 bits per heavy atom. The van der Waals surface area contributed by atoms with Crippen LogP contribution in [0.25, 0.3) is 0 Å². The summed E-state index contributed by atoms with van der Waals surface area (Å²) >= 11 is 0. The fourth-order valence-corrected chi connectivity index (χ4v) is 4.03. The van der Waals surface area contributed by atoms with E-state index >= 15 is 0 Å². The predicted octanol–water partition coefficient (Wildman–Crippen LogP) is 2.69.